The smallest absolute Gasteiger partial charge is 0.0643 e. The van der Waals surface area contributed by atoms with Crippen LogP contribution in [0.1, 0.15) is 19.4 Å². The van der Waals surface area contributed by atoms with Gasteiger partial charge >= 0.3 is 0 Å². The van der Waals surface area contributed by atoms with E-state index in [9.17, 15) is 0 Å². The van der Waals surface area contributed by atoms with E-state index >= 15 is 0 Å². The Balaban J connectivity index is 3.16. The predicted octanol–water partition coefficient (Wildman–Crippen LogP) is 2.01. The van der Waals surface area contributed by atoms with Crippen LogP contribution in [0.25, 0.3) is 0 Å². The molecule has 3 N–H and O–H groups in total. The van der Waals surface area contributed by atoms with Crippen LogP contribution < -0.4 is 10.6 Å². The first-order valence-corrected chi connectivity index (χ1v) is 5.84. The minimum Gasteiger partial charge on any atom is -0.395 e. The average molecular weight is 243 g/mol. The molecule has 0 fully saturated rings. The maximum atomic E-state index is 9.09. The monoisotopic (exact) mass is 242 g/mol. The first-order valence-electron chi connectivity index (χ1n) is 5.46. The van der Waals surface area contributed by atoms with Gasteiger partial charge in [-0.1, -0.05) is 23.7 Å². The SMILES string of the molecule is CC(C)N(CCO)c1c(Cl)cccc1CN. The zero-order valence-electron chi connectivity index (χ0n) is 9.78. The van der Waals surface area contributed by atoms with Crippen LogP contribution in [0.2, 0.25) is 5.02 Å². The molecule has 0 unspecified atom stereocenters. The van der Waals surface area contributed by atoms with Crippen molar-refractivity contribution >= 4 is 17.3 Å². The molecule has 0 aliphatic rings. The number of para-hydroxylation sites is 1. The maximum Gasteiger partial charge on any atom is 0.0643 e. The summed E-state index contributed by atoms with van der Waals surface area (Å²) in [5, 5.41) is 9.77. The summed E-state index contributed by atoms with van der Waals surface area (Å²) in [6.45, 7) is 5.25. The minimum atomic E-state index is 0.105. The number of hydrogen-bond donors (Lipinski definition) is 2. The molecule has 0 saturated heterocycles. The van der Waals surface area contributed by atoms with Crippen molar-refractivity contribution in [3.63, 3.8) is 0 Å². The lowest BCUT2D eigenvalue weighted by atomic mass is 10.1. The van der Waals surface area contributed by atoms with Gasteiger partial charge in [-0.05, 0) is 25.5 Å². The zero-order valence-corrected chi connectivity index (χ0v) is 10.5. The minimum absolute atomic E-state index is 0.105. The number of hydrogen-bond acceptors (Lipinski definition) is 3. The van der Waals surface area contributed by atoms with Gasteiger partial charge in [-0.2, -0.15) is 0 Å². The van der Waals surface area contributed by atoms with Gasteiger partial charge in [-0.25, -0.2) is 0 Å². The van der Waals surface area contributed by atoms with Crippen molar-refractivity contribution in [2.45, 2.75) is 26.4 Å². The van der Waals surface area contributed by atoms with Crippen LogP contribution in [-0.2, 0) is 6.54 Å². The Morgan fingerprint density at radius 3 is 2.62 bits per heavy atom. The molecule has 4 heteroatoms. The third-order valence-corrected chi connectivity index (χ3v) is 2.85. The van der Waals surface area contributed by atoms with Crippen LogP contribution >= 0.6 is 11.6 Å². The summed E-state index contributed by atoms with van der Waals surface area (Å²) < 4.78 is 0. The number of anilines is 1. The molecule has 90 valence electrons. The Hall–Kier alpha value is -0.770. The van der Waals surface area contributed by atoms with E-state index in [0.29, 0.717) is 18.1 Å². The molecule has 0 bridgehead atoms. The second-order valence-corrected chi connectivity index (χ2v) is 4.37. The van der Waals surface area contributed by atoms with Crippen LogP contribution in [0.4, 0.5) is 5.69 Å². The second kappa shape index (κ2) is 6.09. The van der Waals surface area contributed by atoms with E-state index in [-0.39, 0.29) is 12.6 Å². The Morgan fingerprint density at radius 2 is 2.12 bits per heavy atom. The van der Waals surface area contributed by atoms with Gasteiger partial charge in [0.15, 0.2) is 0 Å². The molecule has 3 nitrogen and oxygen atoms in total. The van der Waals surface area contributed by atoms with Crippen LogP contribution in [0.3, 0.4) is 0 Å². The lowest BCUT2D eigenvalue weighted by molar-refractivity contribution is 0.299. The van der Waals surface area contributed by atoms with E-state index in [2.05, 4.69) is 18.7 Å². The number of nitrogens with two attached hydrogens (primary N) is 1. The number of aliphatic hydroxyl groups is 1. The molecule has 0 atom stereocenters. The summed E-state index contributed by atoms with van der Waals surface area (Å²) in [6.07, 6.45) is 0. The second-order valence-electron chi connectivity index (χ2n) is 3.96. The van der Waals surface area contributed by atoms with Crippen molar-refractivity contribution < 1.29 is 5.11 Å². The molecular formula is C12H19ClN2O. The van der Waals surface area contributed by atoms with Crippen molar-refractivity contribution in [1.29, 1.82) is 0 Å². The van der Waals surface area contributed by atoms with E-state index in [0.717, 1.165) is 11.3 Å². The first-order chi connectivity index (χ1) is 7.61. The van der Waals surface area contributed by atoms with Crippen molar-refractivity contribution in [2.24, 2.45) is 5.73 Å². The van der Waals surface area contributed by atoms with Gasteiger partial charge in [0.05, 0.1) is 17.3 Å². The van der Waals surface area contributed by atoms with E-state index in [1.54, 1.807) is 0 Å². The maximum absolute atomic E-state index is 9.09. The number of aliphatic hydroxyl groups excluding tert-OH is 1. The van der Waals surface area contributed by atoms with Crippen molar-refractivity contribution in [2.75, 3.05) is 18.1 Å². The molecule has 0 aliphatic carbocycles. The molecule has 1 rings (SSSR count). The lowest BCUT2D eigenvalue weighted by Crippen LogP contribution is -2.34. The summed E-state index contributed by atoms with van der Waals surface area (Å²) in [7, 11) is 0. The summed E-state index contributed by atoms with van der Waals surface area (Å²) >= 11 is 6.20. The molecule has 0 aromatic heterocycles. The number of halogens is 1. The Labute approximate surface area is 102 Å². The standard InChI is InChI=1S/C12H19ClN2O/c1-9(2)15(6-7-16)12-10(8-14)4-3-5-11(12)13/h3-5,9,16H,6-8,14H2,1-2H3. The highest BCUT2D eigenvalue weighted by Crippen LogP contribution is 2.30. The Morgan fingerprint density at radius 1 is 1.44 bits per heavy atom. The molecule has 0 radical (unpaired) electrons. The molecule has 1 aromatic rings. The summed E-state index contributed by atoms with van der Waals surface area (Å²) in [5.74, 6) is 0. The number of nitrogens with zero attached hydrogens (tertiary/aromatic N) is 1. The van der Waals surface area contributed by atoms with Gasteiger partial charge in [-0.3, -0.25) is 0 Å². The predicted molar refractivity (Wildman–Crippen MR) is 68.9 cm³/mol. The van der Waals surface area contributed by atoms with Crippen molar-refractivity contribution in [3.8, 4) is 0 Å². The van der Waals surface area contributed by atoms with Crippen molar-refractivity contribution in [3.05, 3.63) is 28.8 Å². The Bertz CT molecular complexity index is 342. The molecule has 0 aliphatic heterocycles. The van der Waals surface area contributed by atoms with E-state index < -0.39 is 0 Å². The van der Waals surface area contributed by atoms with Gasteiger partial charge < -0.3 is 15.7 Å². The van der Waals surface area contributed by atoms with Gasteiger partial charge in [0.25, 0.3) is 0 Å². The molecule has 16 heavy (non-hydrogen) atoms. The highest BCUT2D eigenvalue weighted by atomic mass is 35.5. The van der Waals surface area contributed by atoms with E-state index in [4.69, 9.17) is 22.4 Å². The number of benzene rings is 1. The fraction of sp³-hybridized carbons (Fsp3) is 0.500. The van der Waals surface area contributed by atoms with Crippen LogP contribution in [0.5, 0.6) is 0 Å². The Kier molecular flexibility index (Phi) is 5.06. The fourth-order valence-corrected chi connectivity index (χ4v) is 2.08. The van der Waals surface area contributed by atoms with Crippen LogP contribution in [-0.4, -0.2) is 24.3 Å². The quantitative estimate of drug-likeness (QED) is 0.831. The largest absolute Gasteiger partial charge is 0.395 e. The molecular weight excluding hydrogens is 224 g/mol. The van der Waals surface area contributed by atoms with Gasteiger partial charge in [-0.15, -0.1) is 0 Å². The molecule has 1 aromatic carbocycles. The van der Waals surface area contributed by atoms with E-state index in [1.165, 1.54) is 0 Å². The molecule has 0 spiro atoms. The molecule has 0 amide bonds. The summed E-state index contributed by atoms with van der Waals surface area (Å²) in [6, 6.07) is 5.99. The summed E-state index contributed by atoms with van der Waals surface area (Å²) in [4.78, 5) is 2.07. The average Bonchev–Trinajstić information content (AvgIpc) is 2.26. The summed E-state index contributed by atoms with van der Waals surface area (Å²) in [5.41, 5.74) is 7.66. The topological polar surface area (TPSA) is 49.5 Å². The zero-order chi connectivity index (χ0) is 12.1. The third-order valence-electron chi connectivity index (χ3n) is 2.54. The first kappa shape index (κ1) is 13.3. The van der Waals surface area contributed by atoms with Crippen LogP contribution in [0.15, 0.2) is 18.2 Å². The van der Waals surface area contributed by atoms with Crippen molar-refractivity contribution in [1.82, 2.24) is 0 Å². The normalized spacial score (nSPS) is 10.9. The lowest BCUT2D eigenvalue weighted by Gasteiger charge is -2.31. The van der Waals surface area contributed by atoms with E-state index in [1.807, 2.05) is 18.2 Å². The molecule has 0 saturated carbocycles. The molecule has 0 heterocycles. The third kappa shape index (κ3) is 2.88. The van der Waals surface area contributed by atoms with Gasteiger partial charge in [0, 0.05) is 19.1 Å². The van der Waals surface area contributed by atoms with Crippen LogP contribution in [0, 0.1) is 0 Å². The van der Waals surface area contributed by atoms with Gasteiger partial charge in [0.1, 0.15) is 0 Å². The number of rotatable bonds is 5. The van der Waals surface area contributed by atoms with Gasteiger partial charge in [0.2, 0.25) is 0 Å². The highest BCUT2D eigenvalue weighted by Gasteiger charge is 2.16. The highest BCUT2D eigenvalue weighted by molar-refractivity contribution is 6.33. The fourth-order valence-electron chi connectivity index (χ4n) is 1.78.